The van der Waals surface area contributed by atoms with Gasteiger partial charge in [-0.05, 0) is 40.9 Å². The highest BCUT2D eigenvalue weighted by Gasteiger charge is 2.09. The summed E-state index contributed by atoms with van der Waals surface area (Å²) < 4.78 is 0. The minimum atomic E-state index is 0.138. The molecule has 84 valence electrons. The van der Waals surface area contributed by atoms with Gasteiger partial charge < -0.3 is 11.1 Å². The molecule has 0 aliphatic rings. The highest BCUT2D eigenvalue weighted by molar-refractivity contribution is 7.07. The van der Waals surface area contributed by atoms with Gasteiger partial charge in [-0.15, -0.1) is 0 Å². The molecule has 0 aliphatic heterocycles. The molecule has 2 rings (SSSR count). The summed E-state index contributed by atoms with van der Waals surface area (Å²) in [5.74, 6) is 0.568. The van der Waals surface area contributed by atoms with Crippen molar-refractivity contribution in [2.45, 2.75) is 13.0 Å². The van der Waals surface area contributed by atoms with Gasteiger partial charge in [-0.1, -0.05) is 0 Å². The van der Waals surface area contributed by atoms with Crippen LogP contribution in [0.25, 0.3) is 0 Å². The number of halogens is 1. The van der Waals surface area contributed by atoms with E-state index in [9.17, 15) is 0 Å². The fourth-order valence-electron chi connectivity index (χ4n) is 1.30. The van der Waals surface area contributed by atoms with Gasteiger partial charge in [0.1, 0.15) is 0 Å². The van der Waals surface area contributed by atoms with Crippen LogP contribution >= 0.6 is 22.9 Å². The zero-order valence-electron chi connectivity index (χ0n) is 8.64. The van der Waals surface area contributed by atoms with Gasteiger partial charge in [0.15, 0.2) is 5.82 Å². The minimum absolute atomic E-state index is 0.138. The third-order valence-electron chi connectivity index (χ3n) is 2.18. The first-order valence-corrected chi connectivity index (χ1v) is 6.05. The van der Waals surface area contributed by atoms with Gasteiger partial charge in [0.2, 0.25) is 5.28 Å². The number of nitrogens with zero attached hydrogens (tertiary/aromatic N) is 2. The van der Waals surface area contributed by atoms with Crippen molar-refractivity contribution >= 4 is 34.4 Å². The molecule has 2 heterocycles. The zero-order chi connectivity index (χ0) is 11.5. The summed E-state index contributed by atoms with van der Waals surface area (Å²) in [5, 5.41) is 7.50. The van der Waals surface area contributed by atoms with Crippen molar-refractivity contribution in [2.75, 3.05) is 11.1 Å². The number of aromatic nitrogens is 2. The first-order valence-electron chi connectivity index (χ1n) is 4.73. The molecule has 1 unspecified atom stereocenters. The lowest BCUT2D eigenvalue weighted by Crippen LogP contribution is -2.09. The Morgan fingerprint density at radius 2 is 2.38 bits per heavy atom. The average molecular weight is 255 g/mol. The predicted molar refractivity (Wildman–Crippen MR) is 67.8 cm³/mol. The van der Waals surface area contributed by atoms with E-state index < -0.39 is 0 Å². The first kappa shape index (κ1) is 11.2. The maximum Gasteiger partial charge on any atom is 0.224 e. The van der Waals surface area contributed by atoms with Crippen LogP contribution < -0.4 is 11.1 Å². The number of rotatable bonds is 3. The van der Waals surface area contributed by atoms with Crippen LogP contribution in [0, 0.1) is 0 Å². The molecule has 0 amide bonds. The van der Waals surface area contributed by atoms with E-state index in [1.54, 1.807) is 11.3 Å². The second kappa shape index (κ2) is 4.67. The molecule has 16 heavy (non-hydrogen) atoms. The fraction of sp³-hybridized carbons (Fsp3) is 0.200. The molecular formula is C10H11ClN4S. The van der Waals surface area contributed by atoms with Crippen LogP contribution in [-0.2, 0) is 0 Å². The van der Waals surface area contributed by atoms with Gasteiger partial charge in [-0.3, -0.25) is 0 Å². The molecule has 2 aromatic rings. The van der Waals surface area contributed by atoms with Crippen LogP contribution in [0.3, 0.4) is 0 Å². The van der Waals surface area contributed by atoms with Gasteiger partial charge in [-0.2, -0.15) is 16.3 Å². The third kappa shape index (κ3) is 2.43. The Labute approximate surface area is 102 Å². The van der Waals surface area contributed by atoms with E-state index in [0.717, 1.165) is 0 Å². The lowest BCUT2D eigenvalue weighted by molar-refractivity contribution is 0.878. The monoisotopic (exact) mass is 254 g/mol. The van der Waals surface area contributed by atoms with Crippen LogP contribution in [0.15, 0.2) is 23.0 Å². The number of nitrogens with two attached hydrogens (primary N) is 1. The molecule has 6 heteroatoms. The van der Waals surface area contributed by atoms with Gasteiger partial charge in [0.05, 0.1) is 17.9 Å². The largest absolute Gasteiger partial charge is 0.394 e. The Morgan fingerprint density at radius 3 is 3.06 bits per heavy atom. The quantitative estimate of drug-likeness (QED) is 0.827. The normalized spacial score (nSPS) is 12.4. The van der Waals surface area contributed by atoms with Crippen molar-refractivity contribution < 1.29 is 0 Å². The van der Waals surface area contributed by atoms with Gasteiger partial charge in [0.25, 0.3) is 0 Å². The van der Waals surface area contributed by atoms with E-state index in [4.69, 9.17) is 17.3 Å². The van der Waals surface area contributed by atoms with Crippen LogP contribution in [0.4, 0.5) is 11.5 Å². The van der Waals surface area contributed by atoms with Crippen molar-refractivity contribution in [2.24, 2.45) is 0 Å². The highest BCUT2D eigenvalue weighted by Crippen LogP contribution is 2.23. The number of thiophene rings is 1. The maximum absolute atomic E-state index is 5.75. The van der Waals surface area contributed by atoms with Crippen LogP contribution in [-0.4, -0.2) is 9.97 Å². The molecule has 1 atom stereocenters. The average Bonchev–Trinajstić information content (AvgIpc) is 2.76. The van der Waals surface area contributed by atoms with E-state index in [2.05, 4.69) is 26.7 Å². The second-order valence-corrected chi connectivity index (χ2v) is 4.48. The molecule has 0 radical (unpaired) electrons. The smallest absolute Gasteiger partial charge is 0.224 e. The van der Waals surface area contributed by atoms with E-state index in [0.29, 0.717) is 11.5 Å². The summed E-state index contributed by atoms with van der Waals surface area (Å²) >= 11 is 7.37. The van der Waals surface area contributed by atoms with Gasteiger partial charge in [0, 0.05) is 0 Å². The molecular weight excluding hydrogens is 244 g/mol. The van der Waals surface area contributed by atoms with E-state index >= 15 is 0 Å². The minimum Gasteiger partial charge on any atom is -0.394 e. The van der Waals surface area contributed by atoms with E-state index in [1.807, 2.05) is 12.3 Å². The Bertz CT molecular complexity index is 472. The number of nitrogen functional groups attached to an aromatic ring is 1. The number of nitrogens with one attached hydrogen (secondary N) is 1. The lowest BCUT2D eigenvalue weighted by atomic mass is 10.2. The van der Waals surface area contributed by atoms with Crippen LogP contribution in [0.5, 0.6) is 0 Å². The Hall–Kier alpha value is -1.33. The number of anilines is 2. The van der Waals surface area contributed by atoms with E-state index in [1.165, 1.54) is 11.8 Å². The standard InChI is InChI=1S/C10H11ClN4S/c1-6(7-2-3-16-5-7)14-9-8(12)4-13-10(11)15-9/h2-6H,12H2,1H3,(H,13,14,15). The van der Waals surface area contributed by atoms with Gasteiger partial charge in [-0.25, -0.2) is 4.98 Å². The summed E-state index contributed by atoms with van der Waals surface area (Å²) in [5.41, 5.74) is 7.43. The van der Waals surface area contributed by atoms with Crippen LogP contribution in [0.2, 0.25) is 5.28 Å². The van der Waals surface area contributed by atoms with Crippen molar-refractivity contribution in [3.63, 3.8) is 0 Å². The van der Waals surface area contributed by atoms with Gasteiger partial charge >= 0.3 is 0 Å². The number of hydrogen-bond acceptors (Lipinski definition) is 5. The lowest BCUT2D eigenvalue weighted by Gasteiger charge is -2.14. The second-order valence-electron chi connectivity index (χ2n) is 3.37. The molecule has 0 aromatic carbocycles. The van der Waals surface area contributed by atoms with Crippen molar-refractivity contribution in [3.8, 4) is 0 Å². The molecule has 2 aromatic heterocycles. The number of hydrogen-bond donors (Lipinski definition) is 2. The first-order chi connectivity index (χ1) is 7.66. The van der Waals surface area contributed by atoms with Crippen molar-refractivity contribution in [1.29, 1.82) is 0 Å². The summed E-state index contributed by atoms with van der Waals surface area (Å²) in [6, 6.07) is 2.20. The topological polar surface area (TPSA) is 63.8 Å². The molecule has 3 N–H and O–H groups in total. The molecule has 4 nitrogen and oxygen atoms in total. The maximum atomic E-state index is 5.75. The van der Waals surface area contributed by atoms with Crippen LogP contribution in [0.1, 0.15) is 18.5 Å². The Balaban J connectivity index is 2.17. The molecule has 0 saturated heterocycles. The summed E-state index contributed by atoms with van der Waals surface area (Å²) in [7, 11) is 0. The summed E-state index contributed by atoms with van der Waals surface area (Å²) in [4.78, 5) is 7.84. The molecule has 0 bridgehead atoms. The molecule has 0 aliphatic carbocycles. The highest BCUT2D eigenvalue weighted by atomic mass is 35.5. The van der Waals surface area contributed by atoms with E-state index in [-0.39, 0.29) is 11.3 Å². The molecule has 0 spiro atoms. The van der Waals surface area contributed by atoms with Crippen molar-refractivity contribution in [3.05, 3.63) is 33.9 Å². The fourth-order valence-corrected chi connectivity index (χ4v) is 2.18. The third-order valence-corrected chi connectivity index (χ3v) is 3.07. The Kier molecular flexibility index (Phi) is 3.26. The van der Waals surface area contributed by atoms with Crippen molar-refractivity contribution in [1.82, 2.24) is 9.97 Å². The zero-order valence-corrected chi connectivity index (χ0v) is 10.2. The Morgan fingerprint density at radius 1 is 1.56 bits per heavy atom. The molecule has 0 saturated carbocycles. The molecule has 0 fully saturated rings. The summed E-state index contributed by atoms with van der Waals surface area (Å²) in [6.07, 6.45) is 1.50. The predicted octanol–water partition coefficient (Wildman–Crippen LogP) is 2.95. The SMILES string of the molecule is CC(Nc1nc(Cl)ncc1N)c1ccsc1. The summed E-state index contributed by atoms with van der Waals surface area (Å²) in [6.45, 7) is 2.04.